The molecule has 0 saturated heterocycles. The van der Waals surface area contributed by atoms with Crippen LogP contribution in [0.5, 0.6) is 0 Å². The van der Waals surface area contributed by atoms with Gasteiger partial charge in [-0.1, -0.05) is 24.3 Å². The van der Waals surface area contributed by atoms with E-state index in [0.29, 0.717) is 0 Å². The Balaban J connectivity index is 2.75. The molecule has 0 radical (unpaired) electrons. The molecule has 1 aromatic carbocycles. The molecule has 18 heavy (non-hydrogen) atoms. The first-order valence-corrected chi connectivity index (χ1v) is 5.16. The number of hydrogen-bond acceptors (Lipinski definition) is 6. The molecule has 1 aromatic rings. The van der Waals surface area contributed by atoms with E-state index in [1.165, 1.54) is 24.3 Å². The SMILES string of the molecule is COC1(O)C(=O)c2ccccc2C(=O)C1(O)OC. The van der Waals surface area contributed by atoms with Gasteiger partial charge in [0, 0.05) is 25.3 Å². The van der Waals surface area contributed by atoms with Gasteiger partial charge in [0.1, 0.15) is 0 Å². The van der Waals surface area contributed by atoms with E-state index < -0.39 is 23.1 Å². The van der Waals surface area contributed by atoms with Gasteiger partial charge >= 0.3 is 0 Å². The normalized spacial score (nSPS) is 31.3. The molecule has 6 nitrogen and oxygen atoms in total. The summed E-state index contributed by atoms with van der Waals surface area (Å²) in [6.07, 6.45) is 0. The van der Waals surface area contributed by atoms with Crippen LogP contribution >= 0.6 is 0 Å². The van der Waals surface area contributed by atoms with Crippen molar-refractivity contribution in [1.29, 1.82) is 0 Å². The highest BCUT2D eigenvalue weighted by atomic mass is 16.7. The van der Waals surface area contributed by atoms with Crippen molar-refractivity contribution in [2.45, 2.75) is 11.6 Å². The number of benzene rings is 1. The molecule has 2 unspecified atom stereocenters. The average Bonchev–Trinajstić information content (AvgIpc) is 2.42. The van der Waals surface area contributed by atoms with Crippen LogP contribution in [0.25, 0.3) is 0 Å². The molecule has 0 aliphatic heterocycles. The van der Waals surface area contributed by atoms with Gasteiger partial charge in [-0.15, -0.1) is 0 Å². The minimum Gasteiger partial charge on any atom is -0.355 e. The van der Waals surface area contributed by atoms with Gasteiger partial charge in [0.05, 0.1) is 0 Å². The molecule has 1 aliphatic carbocycles. The molecule has 2 rings (SSSR count). The fraction of sp³-hybridized carbons (Fsp3) is 0.333. The Bertz CT molecular complexity index is 478. The standard InChI is InChI=1S/C12H12O6/c1-17-11(15)9(13)7-5-3-4-6-8(7)10(14)12(11,16)18-2/h3-6,15-16H,1-2H3. The number of ketones is 2. The number of Topliss-reactive ketones (excluding diaryl/α,β-unsaturated/α-hetero) is 2. The topological polar surface area (TPSA) is 93.1 Å². The Morgan fingerprint density at radius 1 is 0.889 bits per heavy atom. The van der Waals surface area contributed by atoms with E-state index in [4.69, 9.17) is 0 Å². The Labute approximate surface area is 103 Å². The molecule has 0 bridgehead atoms. The molecular weight excluding hydrogens is 240 g/mol. The lowest BCUT2D eigenvalue weighted by Crippen LogP contribution is -2.68. The number of methoxy groups -OCH3 is 2. The van der Waals surface area contributed by atoms with Crippen LogP contribution in [-0.4, -0.2) is 47.6 Å². The van der Waals surface area contributed by atoms with Crippen LogP contribution in [0.1, 0.15) is 20.7 Å². The van der Waals surface area contributed by atoms with E-state index in [1.54, 1.807) is 0 Å². The molecule has 0 aromatic heterocycles. The van der Waals surface area contributed by atoms with Gasteiger partial charge in [-0.05, 0) is 0 Å². The van der Waals surface area contributed by atoms with Crippen LogP contribution in [0.3, 0.4) is 0 Å². The van der Waals surface area contributed by atoms with Crippen LogP contribution in [0, 0.1) is 0 Å². The highest BCUT2D eigenvalue weighted by Gasteiger charge is 2.65. The maximum Gasteiger partial charge on any atom is 0.295 e. The fourth-order valence-electron chi connectivity index (χ4n) is 2.01. The molecule has 0 fully saturated rings. The van der Waals surface area contributed by atoms with Crippen molar-refractivity contribution in [2.24, 2.45) is 0 Å². The van der Waals surface area contributed by atoms with Gasteiger partial charge in [-0.2, -0.15) is 0 Å². The molecule has 0 saturated carbocycles. The molecule has 2 atom stereocenters. The summed E-state index contributed by atoms with van der Waals surface area (Å²) in [5.41, 5.74) is -0.0397. The summed E-state index contributed by atoms with van der Waals surface area (Å²) in [7, 11) is 2.01. The van der Waals surface area contributed by atoms with E-state index in [-0.39, 0.29) is 11.1 Å². The second-order valence-corrected chi connectivity index (χ2v) is 3.90. The summed E-state index contributed by atoms with van der Waals surface area (Å²) in [5, 5.41) is 20.2. The van der Waals surface area contributed by atoms with Crippen molar-refractivity contribution in [3.63, 3.8) is 0 Å². The van der Waals surface area contributed by atoms with Gasteiger partial charge in [-0.25, -0.2) is 0 Å². The molecule has 0 spiro atoms. The first-order chi connectivity index (χ1) is 8.42. The second-order valence-electron chi connectivity index (χ2n) is 3.90. The van der Waals surface area contributed by atoms with Crippen molar-refractivity contribution in [1.82, 2.24) is 0 Å². The highest BCUT2D eigenvalue weighted by Crippen LogP contribution is 2.37. The summed E-state index contributed by atoms with van der Waals surface area (Å²) in [5.74, 6) is -7.37. The molecule has 96 valence electrons. The number of carbonyl (C=O) groups excluding carboxylic acids is 2. The number of ether oxygens (including phenoxy) is 2. The number of aliphatic hydroxyl groups is 2. The maximum atomic E-state index is 12.1. The van der Waals surface area contributed by atoms with E-state index in [0.717, 1.165) is 14.2 Å². The summed E-state index contributed by atoms with van der Waals surface area (Å²) >= 11 is 0. The third-order valence-corrected chi connectivity index (χ3v) is 3.08. The lowest BCUT2D eigenvalue weighted by Gasteiger charge is -2.41. The van der Waals surface area contributed by atoms with Crippen molar-refractivity contribution in [2.75, 3.05) is 14.2 Å². The van der Waals surface area contributed by atoms with Crippen LogP contribution in [0.4, 0.5) is 0 Å². The number of fused-ring (bicyclic) bond motifs is 1. The second kappa shape index (κ2) is 3.96. The smallest absolute Gasteiger partial charge is 0.295 e. The minimum atomic E-state index is -2.76. The third-order valence-electron chi connectivity index (χ3n) is 3.08. The van der Waals surface area contributed by atoms with Crippen LogP contribution in [0.15, 0.2) is 24.3 Å². The minimum absolute atomic E-state index is 0.0198. The van der Waals surface area contributed by atoms with Crippen LogP contribution < -0.4 is 0 Å². The van der Waals surface area contributed by atoms with Gasteiger partial charge in [0.15, 0.2) is 0 Å². The summed E-state index contributed by atoms with van der Waals surface area (Å²) < 4.78 is 9.27. The predicted octanol–water partition coefficient (Wildman–Crippen LogP) is -0.264. The molecular formula is C12H12O6. The first kappa shape index (κ1) is 12.8. The number of rotatable bonds is 2. The molecule has 0 amide bonds. The van der Waals surface area contributed by atoms with Crippen LogP contribution in [-0.2, 0) is 9.47 Å². The Morgan fingerprint density at radius 2 is 1.22 bits per heavy atom. The quantitative estimate of drug-likeness (QED) is 0.704. The van der Waals surface area contributed by atoms with Crippen molar-refractivity contribution in [3.05, 3.63) is 35.4 Å². The fourth-order valence-corrected chi connectivity index (χ4v) is 2.01. The average molecular weight is 252 g/mol. The number of hydrogen-bond donors (Lipinski definition) is 2. The number of carbonyl (C=O) groups is 2. The molecule has 0 heterocycles. The Kier molecular flexibility index (Phi) is 2.83. The van der Waals surface area contributed by atoms with E-state index in [2.05, 4.69) is 9.47 Å². The van der Waals surface area contributed by atoms with E-state index in [9.17, 15) is 19.8 Å². The van der Waals surface area contributed by atoms with Crippen molar-refractivity contribution < 1.29 is 29.3 Å². The Hall–Kier alpha value is -1.60. The lowest BCUT2D eigenvalue weighted by molar-refractivity contribution is -0.318. The largest absolute Gasteiger partial charge is 0.355 e. The zero-order valence-corrected chi connectivity index (χ0v) is 9.84. The highest BCUT2D eigenvalue weighted by molar-refractivity contribution is 6.20. The van der Waals surface area contributed by atoms with Gasteiger partial charge in [-0.3, -0.25) is 9.59 Å². The monoisotopic (exact) mass is 252 g/mol. The lowest BCUT2D eigenvalue weighted by atomic mass is 9.80. The van der Waals surface area contributed by atoms with Gasteiger partial charge < -0.3 is 19.7 Å². The molecule has 6 heteroatoms. The summed E-state index contributed by atoms with van der Waals surface area (Å²) in [6.45, 7) is 0. The first-order valence-electron chi connectivity index (χ1n) is 5.16. The van der Waals surface area contributed by atoms with Gasteiger partial charge in [0.25, 0.3) is 11.6 Å². The van der Waals surface area contributed by atoms with E-state index in [1.807, 2.05) is 0 Å². The van der Waals surface area contributed by atoms with Crippen LogP contribution in [0.2, 0.25) is 0 Å². The molecule has 1 aliphatic rings. The predicted molar refractivity (Wildman–Crippen MR) is 59.0 cm³/mol. The summed E-state index contributed by atoms with van der Waals surface area (Å²) in [4.78, 5) is 24.2. The van der Waals surface area contributed by atoms with Crippen molar-refractivity contribution in [3.8, 4) is 0 Å². The summed E-state index contributed by atoms with van der Waals surface area (Å²) in [6, 6.07) is 5.82. The van der Waals surface area contributed by atoms with Crippen molar-refractivity contribution >= 4 is 11.6 Å². The van der Waals surface area contributed by atoms with E-state index >= 15 is 0 Å². The zero-order valence-electron chi connectivity index (χ0n) is 9.84. The maximum absolute atomic E-state index is 12.1. The third kappa shape index (κ3) is 1.31. The van der Waals surface area contributed by atoms with Gasteiger partial charge in [0.2, 0.25) is 11.6 Å². The Morgan fingerprint density at radius 3 is 1.50 bits per heavy atom. The molecule has 2 N–H and O–H groups in total. The zero-order chi connectivity index (χ0) is 13.6.